The van der Waals surface area contributed by atoms with E-state index in [1.165, 1.54) is 4.31 Å². The van der Waals surface area contributed by atoms with Gasteiger partial charge in [0.15, 0.2) is 0 Å². The molecule has 0 atom stereocenters. The summed E-state index contributed by atoms with van der Waals surface area (Å²) in [7, 11) is -2.01. The van der Waals surface area contributed by atoms with Gasteiger partial charge in [-0.15, -0.1) is 11.8 Å². The van der Waals surface area contributed by atoms with Crippen molar-refractivity contribution in [3.63, 3.8) is 0 Å². The molecule has 0 unspecified atom stereocenters. The van der Waals surface area contributed by atoms with E-state index in [0.717, 1.165) is 11.3 Å². The second-order valence-corrected chi connectivity index (χ2v) is 11.1. The zero-order valence-corrected chi connectivity index (χ0v) is 18.8. The molecule has 160 valence electrons. The number of sulfonamides is 1. The van der Waals surface area contributed by atoms with Gasteiger partial charge in [0.25, 0.3) is 5.91 Å². The molecule has 1 amide bonds. The van der Waals surface area contributed by atoms with Gasteiger partial charge in [-0.3, -0.25) is 4.79 Å². The maximum absolute atomic E-state index is 13.2. The van der Waals surface area contributed by atoms with Crippen LogP contribution in [0.4, 0.5) is 0 Å². The van der Waals surface area contributed by atoms with Crippen LogP contribution in [-0.2, 0) is 10.0 Å². The quantitative estimate of drug-likeness (QED) is 0.720. The summed E-state index contributed by atoms with van der Waals surface area (Å²) in [5.41, 5.74) is 1.81. The molecule has 0 bridgehead atoms. The first-order valence-electron chi connectivity index (χ1n) is 10.0. The minimum atomic E-state index is -3.56. The predicted molar refractivity (Wildman–Crippen MR) is 118 cm³/mol. The normalized spacial score (nSPS) is 19.2. The lowest BCUT2D eigenvalue weighted by molar-refractivity contribution is 0.0605. The molecule has 2 aromatic rings. The molecule has 2 aliphatic rings. The van der Waals surface area contributed by atoms with Gasteiger partial charge in [0.05, 0.1) is 16.9 Å². The molecule has 0 radical (unpaired) electrons. The highest BCUT2D eigenvalue weighted by Gasteiger charge is 2.48. The van der Waals surface area contributed by atoms with Crippen molar-refractivity contribution >= 4 is 27.7 Å². The Kier molecular flexibility index (Phi) is 5.83. The Hall–Kier alpha value is -2.03. The molecule has 4 rings (SSSR count). The van der Waals surface area contributed by atoms with E-state index in [-0.39, 0.29) is 15.7 Å². The third kappa shape index (κ3) is 3.84. The zero-order valence-electron chi connectivity index (χ0n) is 17.2. The Morgan fingerprint density at radius 2 is 1.63 bits per heavy atom. The van der Waals surface area contributed by atoms with Crippen LogP contribution in [0.25, 0.3) is 0 Å². The maximum Gasteiger partial charge on any atom is 0.254 e. The van der Waals surface area contributed by atoms with Crippen molar-refractivity contribution in [1.29, 1.82) is 0 Å². The predicted octanol–water partition coefficient (Wildman–Crippen LogP) is 3.37. The van der Waals surface area contributed by atoms with Crippen LogP contribution in [0.1, 0.15) is 28.8 Å². The number of nitrogens with zero attached hydrogens (tertiary/aromatic N) is 2. The summed E-state index contributed by atoms with van der Waals surface area (Å²) in [4.78, 5) is 15.1. The SMILES string of the molecule is COc1ccc(S(=O)(=O)N2CCC3(CC2)SCCN3C(=O)c2ccc(C)cc2)cc1. The lowest BCUT2D eigenvalue weighted by Crippen LogP contribution is -2.53. The first-order chi connectivity index (χ1) is 14.4. The van der Waals surface area contributed by atoms with E-state index < -0.39 is 10.0 Å². The number of benzene rings is 2. The van der Waals surface area contributed by atoms with Crippen LogP contribution in [-0.4, -0.2) is 60.9 Å². The molecule has 0 aliphatic carbocycles. The molecule has 2 heterocycles. The van der Waals surface area contributed by atoms with Gasteiger partial charge >= 0.3 is 0 Å². The van der Waals surface area contributed by atoms with Gasteiger partial charge in [-0.25, -0.2) is 8.42 Å². The number of hydrogen-bond acceptors (Lipinski definition) is 5. The average Bonchev–Trinajstić information content (AvgIpc) is 3.17. The van der Waals surface area contributed by atoms with E-state index in [1.807, 2.05) is 36.1 Å². The molecule has 2 aliphatic heterocycles. The Bertz CT molecular complexity index is 1010. The van der Waals surface area contributed by atoms with Crippen LogP contribution in [0.5, 0.6) is 5.75 Å². The molecule has 2 fully saturated rings. The minimum absolute atomic E-state index is 0.0338. The van der Waals surface area contributed by atoms with Crippen molar-refractivity contribution in [1.82, 2.24) is 9.21 Å². The maximum atomic E-state index is 13.2. The summed E-state index contributed by atoms with van der Waals surface area (Å²) < 4.78 is 32.8. The van der Waals surface area contributed by atoms with E-state index in [0.29, 0.717) is 43.8 Å². The standard InChI is InChI=1S/C22H26N2O4S2/c1-17-3-5-18(6-4-17)21(25)24-15-16-29-22(24)11-13-23(14-12-22)30(26,27)20-9-7-19(28-2)8-10-20/h3-10H,11-16H2,1-2H3. The molecule has 0 saturated carbocycles. The van der Waals surface area contributed by atoms with Gasteiger partial charge < -0.3 is 9.64 Å². The molecule has 1 spiro atoms. The summed E-state index contributed by atoms with van der Waals surface area (Å²) in [5, 5.41) is 0. The van der Waals surface area contributed by atoms with Gasteiger partial charge in [0, 0.05) is 31.0 Å². The van der Waals surface area contributed by atoms with Crippen molar-refractivity contribution in [2.45, 2.75) is 29.5 Å². The van der Waals surface area contributed by atoms with Crippen LogP contribution in [0.15, 0.2) is 53.4 Å². The van der Waals surface area contributed by atoms with E-state index in [4.69, 9.17) is 4.74 Å². The van der Waals surface area contributed by atoms with Gasteiger partial charge in [-0.1, -0.05) is 17.7 Å². The highest BCUT2D eigenvalue weighted by atomic mass is 32.2. The number of thioether (sulfide) groups is 1. The number of rotatable bonds is 4. The number of piperidine rings is 1. The molecular weight excluding hydrogens is 420 g/mol. The lowest BCUT2D eigenvalue weighted by atomic mass is 10.0. The van der Waals surface area contributed by atoms with Gasteiger partial charge in [-0.2, -0.15) is 4.31 Å². The Labute approximate surface area is 182 Å². The molecule has 0 aromatic heterocycles. The molecule has 2 aromatic carbocycles. The Balaban J connectivity index is 1.49. The number of ether oxygens (including phenoxy) is 1. The number of hydrogen-bond donors (Lipinski definition) is 0. The van der Waals surface area contributed by atoms with E-state index >= 15 is 0 Å². The first kappa shape index (κ1) is 21.2. The van der Waals surface area contributed by atoms with E-state index in [2.05, 4.69) is 0 Å². The topological polar surface area (TPSA) is 66.9 Å². The lowest BCUT2D eigenvalue weighted by Gasteiger charge is -2.43. The third-order valence-electron chi connectivity index (χ3n) is 5.92. The highest BCUT2D eigenvalue weighted by Crippen LogP contribution is 2.45. The summed E-state index contributed by atoms with van der Waals surface area (Å²) >= 11 is 1.78. The zero-order chi connectivity index (χ0) is 21.4. The van der Waals surface area contributed by atoms with Crippen LogP contribution in [0, 0.1) is 6.92 Å². The number of carbonyl (C=O) groups excluding carboxylic acids is 1. The fraction of sp³-hybridized carbons (Fsp3) is 0.409. The smallest absolute Gasteiger partial charge is 0.254 e. The van der Waals surface area contributed by atoms with Crippen LogP contribution in [0.3, 0.4) is 0 Å². The third-order valence-corrected chi connectivity index (χ3v) is 9.39. The molecule has 2 saturated heterocycles. The van der Waals surface area contributed by atoms with Crippen LogP contribution >= 0.6 is 11.8 Å². The fourth-order valence-electron chi connectivity index (χ4n) is 4.13. The molecule has 0 N–H and O–H groups in total. The number of amides is 1. The summed E-state index contributed by atoms with van der Waals surface area (Å²) in [6.07, 6.45) is 1.26. The summed E-state index contributed by atoms with van der Waals surface area (Å²) in [6.45, 7) is 3.50. The highest BCUT2D eigenvalue weighted by molar-refractivity contribution is 8.00. The first-order valence-corrected chi connectivity index (χ1v) is 12.5. The van der Waals surface area contributed by atoms with Crippen molar-refractivity contribution in [3.05, 3.63) is 59.7 Å². The Morgan fingerprint density at radius 3 is 2.23 bits per heavy atom. The monoisotopic (exact) mass is 446 g/mol. The number of carbonyl (C=O) groups is 1. The summed E-state index contributed by atoms with van der Waals surface area (Å²) in [5.74, 6) is 1.54. The number of aryl methyl sites for hydroxylation is 1. The van der Waals surface area contributed by atoms with Crippen molar-refractivity contribution in [3.8, 4) is 5.75 Å². The van der Waals surface area contributed by atoms with Gasteiger partial charge in [-0.05, 0) is 56.2 Å². The van der Waals surface area contributed by atoms with Crippen molar-refractivity contribution in [2.24, 2.45) is 0 Å². The average molecular weight is 447 g/mol. The molecule has 6 nitrogen and oxygen atoms in total. The fourth-order valence-corrected chi connectivity index (χ4v) is 7.03. The van der Waals surface area contributed by atoms with Gasteiger partial charge in [0.1, 0.15) is 5.75 Å². The van der Waals surface area contributed by atoms with E-state index in [1.54, 1.807) is 43.1 Å². The molecule has 30 heavy (non-hydrogen) atoms. The summed E-state index contributed by atoms with van der Waals surface area (Å²) in [6, 6.07) is 14.1. The van der Waals surface area contributed by atoms with Crippen molar-refractivity contribution in [2.75, 3.05) is 32.5 Å². The van der Waals surface area contributed by atoms with Crippen LogP contribution < -0.4 is 4.74 Å². The molecule has 8 heteroatoms. The number of methoxy groups -OCH3 is 1. The minimum Gasteiger partial charge on any atom is -0.497 e. The van der Waals surface area contributed by atoms with Crippen LogP contribution in [0.2, 0.25) is 0 Å². The second kappa shape index (κ2) is 8.24. The Morgan fingerprint density at radius 1 is 1.00 bits per heavy atom. The van der Waals surface area contributed by atoms with Gasteiger partial charge in [0.2, 0.25) is 10.0 Å². The van der Waals surface area contributed by atoms with E-state index in [9.17, 15) is 13.2 Å². The second-order valence-electron chi connectivity index (χ2n) is 7.70. The van der Waals surface area contributed by atoms with Crippen molar-refractivity contribution < 1.29 is 17.9 Å². The molecular formula is C22H26N2O4S2. The largest absolute Gasteiger partial charge is 0.497 e.